The maximum Gasteiger partial charge on any atom is 0.165 e. The van der Waals surface area contributed by atoms with Gasteiger partial charge in [0.1, 0.15) is 16.7 Å². The van der Waals surface area contributed by atoms with Crippen molar-refractivity contribution in [2.75, 3.05) is 6.26 Å². The van der Waals surface area contributed by atoms with Crippen LogP contribution in [0.4, 0.5) is 0 Å². The van der Waals surface area contributed by atoms with Gasteiger partial charge in [0.15, 0.2) is 21.3 Å². The molecule has 0 spiro atoms. The van der Waals surface area contributed by atoms with Gasteiger partial charge in [-0.05, 0) is 6.92 Å². The summed E-state index contributed by atoms with van der Waals surface area (Å²) in [4.78, 5) is 4.02. The lowest BCUT2D eigenvalue weighted by molar-refractivity contribution is 0.599. The summed E-state index contributed by atoms with van der Waals surface area (Å²) in [5.41, 5.74) is 0.496. The molecule has 16 heavy (non-hydrogen) atoms. The molecule has 0 radical (unpaired) electrons. The first-order valence-corrected chi connectivity index (χ1v) is 6.85. The molecule has 8 heteroatoms. The lowest BCUT2D eigenvalue weighted by Crippen LogP contribution is -2.07. The van der Waals surface area contributed by atoms with Crippen molar-refractivity contribution in [1.82, 2.24) is 19.6 Å². The van der Waals surface area contributed by atoms with Crippen LogP contribution in [0, 0.1) is 6.92 Å². The Bertz CT molecular complexity index is 649. The fourth-order valence-electron chi connectivity index (χ4n) is 1.45. The van der Waals surface area contributed by atoms with E-state index in [1.165, 1.54) is 6.07 Å². The van der Waals surface area contributed by atoms with Crippen LogP contribution in [-0.4, -0.2) is 34.3 Å². The summed E-state index contributed by atoms with van der Waals surface area (Å²) >= 11 is 5.76. The van der Waals surface area contributed by atoms with Crippen molar-refractivity contribution in [2.45, 2.75) is 12.7 Å². The van der Waals surface area contributed by atoms with Crippen LogP contribution in [0.15, 0.2) is 6.07 Å². The molecule has 0 aliphatic carbocycles. The minimum absolute atomic E-state index is 0.168. The van der Waals surface area contributed by atoms with E-state index in [1.807, 2.05) is 0 Å². The molecule has 2 aromatic heterocycles. The predicted molar refractivity (Wildman–Crippen MR) is 59.1 cm³/mol. The number of hydrogen-bond donors (Lipinski definition) is 0. The number of aryl methyl sites for hydroxylation is 1. The van der Waals surface area contributed by atoms with Crippen molar-refractivity contribution in [3.63, 3.8) is 0 Å². The van der Waals surface area contributed by atoms with E-state index in [0.29, 0.717) is 22.4 Å². The highest BCUT2D eigenvalue weighted by atomic mass is 35.5. The Morgan fingerprint density at radius 1 is 1.44 bits per heavy atom. The van der Waals surface area contributed by atoms with Crippen molar-refractivity contribution in [3.05, 3.63) is 22.9 Å². The molecule has 0 unspecified atom stereocenters. The highest BCUT2D eigenvalue weighted by molar-refractivity contribution is 7.89. The molecule has 2 aromatic rings. The van der Waals surface area contributed by atoms with Crippen LogP contribution in [0.25, 0.3) is 5.65 Å². The van der Waals surface area contributed by atoms with Crippen LogP contribution in [-0.2, 0) is 15.6 Å². The van der Waals surface area contributed by atoms with Crippen LogP contribution >= 0.6 is 11.6 Å². The highest BCUT2D eigenvalue weighted by Crippen LogP contribution is 2.13. The van der Waals surface area contributed by atoms with Gasteiger partial charge in [-0.2, -0.15) is 0 Å². The van der Waals surface area contributed by atoms with Gasteiger partial charge < -0.3 is 0 Å². The van der Waals surface area contributed by atoms with E-state index in [0.717, 1.165) is 6.26 Å². The van der Waals surface area contributed by atoms with E-state index < -0.39 is 9.84 Å². The molecule has 0 saturated heterocycles. The normalized spacial score (nSPS) is 12.2. The molecular weight excluding hydrogens is 252 g/mol. The van der Waals surface area contributed by atoms with Crippen LogP contribution in [0.3, 0.4) is 0 Å². The zero-order valence-electron chi connectivity index (χ0n) is 8.68. The molecule has 0 fully saturated rings. The van der Waals surface area contributed by atoms with Crippen LogP contribution in [0.5, 0.6) is 0 Å². The summed E-state index contributed by atoms with van der Waals surface area (Å²) in [6, 6.07) is 1.54. The number of aromatic nitrogens is 4. The Morgan fingerprint density at radius 3 is 2.75 bits per heavy atom. The number of rotatable bonds is 2. The fraction of sp³-hybridized carbons (Fsp3) is 0.375. The Kier molecular flexibility index (Phi) is 2.59. The minimum atomic E-state index is -3.15. The average Bonchev–Trinajstić information content (AvgIpc) is 2.44. The quantitative estimate of drug-likeness (QED) is 0.740. The molecule has 0 atom stereocenters. The summed E-state index contributed by atoms with van der Waals surface area (Å²) in [5.74, 6) is 0.739. The molecule has 0 bridgehead atoms. The number of halogens is 1. The molecule has 0 aliphatic heterocycles. The van der Waals surface area contributed by atoms with Crippen LogP contribution < -0.4 is 0 Å². The first-order chi connectivity index (χ1) is 7.37. The van der Waals surface area contributed by atoms with E-state index in [2.05, 4.69) is 15.2 Å². The SMILES string of the molecule is Cc1nc(Cl)cc2nnc(CS(C)(=O)=O)n12. The van der Waals surface area contributed by atoms with E-state index in [1.54, 1.807) is 11.3 Å². The lowest BCUT2D eigenvalue weighted by Gasteiger charge is -2.02. The average molecular weight is 261 g/mol. The van der Waals surface area contributed by atoms with Gasteiger partial charge in [0, 0.05) is 12.3 Å². The molecule has 0 amide bonds. The Hall–Kier alpha value is -1.21. The maximum atomic E-state index is 11.2. The Labute approximate surface area is 97.2 Å². The van der Waals surface area contributed by atoms with Crippen molar-refractivity contribution >= 4 is 27.1 Å². The molecule has 0 N–H and O–H groups in total. The second kappa shape index (κ2) is 3.67. The van der Waals surface area contributed by atoms with Gasteiger partial charge in [0.2, 0.25) is 0 Å². The van der Waals surface area contributed by atoms with E-state index in [9.17, 15) is 8.42 Å². The van der Waals surface area contributed by atoms with Crippen molar-refractivity contribution in [1.29, 1.82) is 0 Å². The summed E-state index contributed by atoms with van der Waals surface area (Å²) in [7, 11) is -3.15. The van der Waals surface area contributed by atoms with E-state index in [4.69, 9.17) is 11.6 Å². The largest absolute Gasteiger partial charge is 0.266 e. The Morgan fingerprint density at radius 2 is 2.12 bits per heavy atom. The summed E-state index contributed by atoms with van der Waals surface area (Å²) < 4.78 is 24.0. The van der Waals surface area contributed by atoms with Gasteiger partial charge in [-0.25, -0.2) is 13.4 Å². The molecule has 0 aromatic carbocycles. The van der Waals surface area contributed by atoms with Crippen molar-refractivity contribution < 1.29 is 8.42 Å². The molecule has 6 nitrogen and oxygen atoms in total. The van der Waals surface area contributed by atoms with Gasteiger partial charge >= 0.3 is 0 Å². The number of fused-ring (bicyclic) bond motifs is 1. The maximum absolute atomic E-state index is 11.2. The minimum Gasteiger partial charge on any atom is -0.266 e. The second-order valence-electron chi connectivity index (χ2n) is 3.51. The first-order valence-electron chi connectivity index (χ1n) is 4.42. The number of nitrogens with zero attached hydrogens (tertiary/aromatic N) is 4. The first kappa shape index (κ1) is 11.3. The number of sulfone groups is 1. The van der Waals surface area contributed by atoms with Gasteiger partial charge in [-0.1, -0.05) is 11.6 Å². The van der Waals surface area contributed by atoms with Crippen molar-refractivity contribution in [2.24, 2.45) is 0 Å². The van der Waals surface area contributed by atoms with Gasteiger partial charge in [0.05, 0.1) is 0 Å². The molecule has 0 aliphatic rings. The smallest absolute Gasteiger partial charge is 0.165 e. The van der Waals surface area contributed by atoms with Gasteiger partial charge in [-0.3, -0.25) is 4.40 Å². The topological polar surface area (TPSA) is 77.2 Å². The third kappa shape index (κ3) is 2.14. The monoisotopic (exact) mass is 260 g/mol. The summed E-state index contributed by atoms with van der Waals surface area (Å²) in [5, 5.41) is 7.97. The predicted octanol–water partition coefficient (Wildman–Crippen LogP) is 0.631. The zero-order chi connectivity index (χ0) is 11.9. The second-order valence-corrected chi connectivity index (χ2v) is 6.03. The molecule has 86 valence electrons. The molecule has 2 heterocycles. The molecule has 0 saturated carbocycles. The third-order valence-corrected chi connectivity index (χ3v) is 2.96. The number of hydrogen-bond acceptors (Lipinski definition) is 5. The summed E-state index contributed by atoms with van der Waals surface area (Å²) in [6.45, 7) is 1.72. The van der Waals surface area contributed by atoms with Crippen molar-refractivity contribution in [3.8, 4) is 0 Å². The summed E-state index contributed by atoms with van der Waals surface area (Å²) in [6.07, 6.45) is 1.15. The van der Waals surface area contributed by atoms with E-state index in [-0.39, 0.29) is 5.75 Å². The third-order valence-electron chi connectivity index (χ3n) is 1.99. The standard InChI is InChI=1S/C8H9ClN4O2S/c1-5-10-6(9)3-7-11-12-8(13(5)7)4-16(2,14)15/h3H,4H2,1-2H3. The van der Waals surface area contributed by atoms with E-state index >= 15 is 0 Å². The van der Waals surface area contributed by atoms with Gasteiger partial charge in [-0.15, -0.1) is 10.2 Å². The zero-order valence-corrected chi connectivity index (χ0v) is 10.2. The lowest BCUT2D eigenvalue weighted by atomic mass is 10.5. The van der Waals surface area contributed by atoms with Crippen LogP contribution in [0.2, 0.25) is 5.15 Å². The van der Waals surface area contributed by atoms with Crippen LogP contribution in [0.1, 0.15) is 11.6 Å². The molecule has 2 rings (SSSR count). The molecular formula is C8H9ClN4O2S. The Balaban J connectivity index is 2.65. The highest BCUT2D eigenvalue weighted by Gasteiger charge is 2.14. The fourth-order valence-corrected chi connectivity index (χ4v) is 2.32. The van der Waals surface area contributed by atoms with Gasteiger partial charge in [0.25, 0.3) is 0 Å².